The Labute approximate surface area is 80.0 Å². The fraction of sp³-hybridized carbons (Fsp3) is 0.200. The molecule has 0 radical (unpaired) electrons. The van der Waals surface area contributed by atoms with Crippen molar-refractivity contribution in [1.29, 1.82) is 0 Å². The van der Waals surface area contributed by atoms with E-state index in [-0.39, 0.29) is 12.0 Å². The minimum Gasteiger partial charge on any atom is -0.402 e. The maximum Gasteiger partial charge on any atom is 0.161 e. The van der Waals surface area contributed by atoms with Gasteiger partial charge in [0.05, 0.1) is 0 Å². The fourth-order valence-corrected chi connectivity index (χ4v) is 1.02. The highest BCUT2D eigenvalue weighted by Gasteiger charge is 2.09. The van der Waals surface area contributed by atoms with Crippen molar-refractivity contribution < 1.29 is 13.2 Å². The van der Waals surface area contributed by atoms with Crippen LogP contribution < -0.4 is 5.73 Å². The van der Waals surface area contributed by atoms with Crippen LogP contribution >= 0.6 is 0 Å². The first kappa shape index (κ1) is 10.6. The van der Waals surface area contributed by atoms with Gasteiger partial charge in [0.1, 0.15) is 5.82 Å². The van der Waals surface area contributed by atoms with Crippen molar-refractivity contribution in [3.63, 3.8) is 0 Å². The van der Waals surface area contributed by atoms with Gasteiger partial charge < -0.3 is 5.73 Å². The number of hydrogen-bond donors (Lipinski definition) is 1. The van der Waals surface area contributed by atoms with Crippen LogP contribution in [0.15, 0.2) is 23.9 Å². The first-order chi connectivity index (χ1) is 6.54. The van der Waals surface area contributed by atoms with Crippen molar-refractivity contribution in [2.75, 3.05) is 0 Å². The molecule has 0 spiro atoms. The Morgan fingerprint density at radius 3 is 2.36 bits per heavy atom. The molecular formula is C10H10F3N. The van der Waals surface area contributed by atoms with E-state index in [4.69, 9.17) is 5.73 Å². The summed E-state index contributed by atoms with van der Waals surface area (Å²) in [6.07, 6.45) is 1.67. The zero-order valence-corrected chi connectivity index (χ0v) is 7.65. The van der Waals surface area contributed by atoms with Crippen LogP contribution in [-0.4, -0.2) is 0 Å². The van der Waals surface area contributed by atoms with E-state index in [9.17, 15) is 13.2 Å². The standard InChI is InChI=1S/C10H10F3N/c1-2-7(14)3-6-4-9(12)10(13)5-8(6)11/h2,4-5H,3,14H2,1H3/b7-2+. The molecule has 0 bridgehead atoms. The monoisotopic (exact) mass is 201 g/mol. The van der Waals surface area contributed by atoms with Crippen LogP contribution in [0, 0.1) is 17.5 Å². The van der Waals surface area contributed by atoms with Crippen molar-refractivity contribution >= 4 is 0 Å². The summed E-state index contributed by atoms with van der Waals surface area (Å²) < 4.78 is 38.3. The summed E-state index contributed by atoms with van der Waals surface area (Å²) >= 11 is 0. The molecule has 1 rings (SSSR count). The minimum atomic E-state index is -1.19. The second-order valence-electron chi connectivity index (χ2n) is 2.90. The van der Waals surface area contributed by atoms with Crippen LogP contribution in [0.2, 0.25) is 0 Å². The van der Waals surface area contributed by atoms with Gasteiger partial charge >= 0.3 is 0 Å². The van der Waals surface area contributed by atoms with Crippen molar-refractivity contribution in [3.05, 3.63) is 46.9 Å². The number of nitrogens with two attached hydrogens (primary N) is 1. The Morgan fingerprint density at radius 1 is 1.21 bits per heavy atom. The van der Waals surface area contributed by atoms with Crippen LogP contribution in [-0.2, 0) is 6.42 Å². The molecule has 0 aliphatic rings. The molecule has 1 aromatic rings. The number of halogens is 3. The van der Waals surface area contributed by atoms with Crippen molar-refractivity contribution in [2.45, 2.75) is 13.3 Å². The molecule has 0 unspecified atom stereocenters. The Balaban J connectivity index is 3.04. The summed E-state index contributed by atoms with van der Waals surface area (Å²) in [6.45, 7) is 1.69. The molecule has 1 nitrogen and oxygen atoms in total. The summed E-state index contributed by atoms with van der Waals surface area (Å²) in [5, 5.41) is 0. The second-order valence-corrected chi connectivity index (χ2v) is 2.90. The van der Waals surface area contributed by atoms with Gasteiger partial charge in [0.15, 0.2) is 11.6 Å². The van der Waals surface area contributed by atoms with Gasteiger partial charge in [0.25, 0.3) is 0 Å². The molecule has 4 heteroatoms. The molecule has 0 saturated heterocycles. The topological polar surface area (TPSA) is 26.0 Å². The van der Waals surface area contributed by atoms with Gasteiger partial charge in [-0.15, -0.1) is 0 Å². The van der Waals surface area contributed by atoms with E-state index in [1.54, 1.807) is 13.0 Å². The van der Waals surface area contributed by atoms with Gasteiger partial charge in [0, 0.05) is 18.2 Å². The van der Waals surface area contributed by atoms with E-state index in [2.05, 4.69) is 0 Å². The Bertz CT molecular complexity index is 372. The van der Waals surface area contributed by atoms with Crippen LogP contribution in [0.4, 0.5) is 13.2 Å². The van der Waals surface area contributed by atoms with E-state index in [0.717, 1.165) is 6.07 Å². The van der Waals surface area contributed by atoms with Crippen LogP contribution in [0.5, 0.6) is 0 Å². The maximum absolute atomic E-state index is 13.0. The molecule has 1 aromatic carbocycles. The molecular weight excluding hydrogens is 191 g/mol. The smallest absolute Gasteiger partial charge is 0.161 e. The lowest BCUT2D eigenvalue weighted by Gasteiger charge is -2.04. The predicted octanol–water partition coefficient (Wildman–Crippen LogP) is 2.51. The minimum absolute atomic E-state index is 0.0551. The highest BCUT2D eigenvalue weighted by molar-refractivity contribution is 5.24. The molecule has 0 aromatic heterocycles. The zero-order valence-electron chi connectivity index (χ0n) is 7.65. The molecule has 0 aliphatic carbocycles. The van der Waals surface area contributed by atoms with Gasteiger partial charge in [-0.2, -0.15) is 0 Å². The maximum atomic E-state index is 13.0. The fourth-order valence-electron chi connectivity index (χ4n) is 1.02. The third-order valence-corrected chi connectivity index (χ3v) is 1.85. The van der Waals surface area contributed by atoms with Gasteiger partial charge in [0.2, 0.25) is 0 Å². The third-order valence-electron chi connectivity index (χ3n) is 1.85. The number of hydrogen-bond acceptors (Lipinski definition) is 1. The Morgan fingerprint density at radius 2 is 1.79 bits per heavy atom. The zero-order chi connectivity index (χ0) is 10.7. The molecule has 0 saturated carbocycles. The van der Waals surface area contributed by atoms with E-state index in [1.165, 1.54) is 0 Å². The average molecular weight is 201 g/mol. The summed E-state index contributed by atoms with van der Waals surface area (Å²) in [7, 11) is 0. The highest BCUT2D eigenvalue weighted by Crippen LogP contribution is 2.15. The quantitative estimate of drug-likeness (QED) is 0.731. The lowest BCUT2D eigenvalue weighted by Crippen LogP contribution is -2.04. The lowest BCUT2D eigenvalue weighted by molar-refractivity contribution is 0.491. The van der Waals surface area contributed by atoms with E-state index in [0.29, 0.717) is 11.8 Å². The predicted molar refractivity (Wildman–Crippen MR) is 48.0 cm³/mol. The Kier molecular flexibility index (Phi) is 3.17. The van der Waals surface area contributed by atoms with Gasteiger partial charge in [-0.05, 0) is 18.6 Å². The summed E-state index contributed by atoms with van der Waals surface area (Å²) in [4.78, 5) is 0. The number of rotatable bonds is 2. The summed E-state index contributed by atoms with van der Waals surface area (Å²) in [5.74, 6) is -3.04. The van der Waals surface area contributed by atoms with Crippen molar-refractivity contribution in [3.8, 4) is 0 Å². The molecule has 14 heavy (non-hydrogen) atoms. The molecule has 76 valence electrons. The number of allylic oxidation sites excluding steroid dienone is 2. The van der Waals surface area contributed by atoms with Crippen molar-refractivity contribution in [2.24, 2.45) is 5.73 Å². The third kappa shape index (κ3) is 2.28. The van der Waals surface area contributed by atoms with Crippen LogP contribution in [0.1, 0.15) is 12.5 Å². The average Bonchev–Trinajstić information content (AvgIpc) is 2.14. The molecule has 0 heterocycles. The first-order valence-corrected chi connectivity index (χ1v) is 4.08. The van der Waals surface area contributed by atoms with Crippen LogP contribution in [0.3, 0.4) is 0 Å². The normalized spacial score (nSPS) is 11.9. The van der Waals surface area contributed by atoms with E-state index in [1.807, 2.05) is 0 Å². The van der Waals surface area contributed by atoms with E-state index < -0.39 is 17.5 Å². The largest absolute Gasteiger partial charge is 0.402 e. The Hall–Kier alpha value is -1.45. The van der Waals surface area contributed by atoms with Gasteiger partial charge in [-0.1, -0.05) is 6.08 Å². The molecule has 0 atom stereocenters. The van der Waals surface area contributed by atoms with E-state index >= 15 is 0 Å². The van der Waals surface area contributed by atoms with Gasteiger partial charge in [-0.25, -0.2) is 13.2 Å². The molecule has 0 fully saturated rings. The van der Waals surface area contributed by atoms with Crippen LogP contribution in [0.25, 0.3) is 0 Å². The number of benzene rings is 1. The second kappa shape index (κ2) is 4.17. The van der Waals surface area contributed by atoms with Gasteiger partial charge in [-0.3, -0.25) is 0 Å². The molecule has 0 aliphatic heterocycles. The first-order valence-electron chi connectivity index (χ1n) is 4.08. The molecule has 2 N–H and O–H groups in total. The summed E-state index contributed by atoms with van der Waals surface area (Å²) in [5.41, 5.74) is 5.91. The highest BCUT2D eigenvalue weighted by atomic mass is 19.2. The summed E-state index contributed by atoms with van der Waals surface area (Å²) in [6, 6.07) is 1.34. The molecule has 0 amide bonds. The van der Waals surface area contributed by atoms with Crippen molar-refractivity contribution in [1.82, 2.24) is 0 Å². The lowest BCUT2D eigenvalue weighted by atomic mass is 10.1. The SMILES string of the molecule is C/C=C(/N)Cc1cc(F)c(F)cc1F.